The molecule has 0 bridgehead atoms. The number of rotatable bonds is 9. The molecule has 0 aliphatic carbocycles. The Kier molecular flexibility index (Phi) is 10.3. The molecule has 1 aromatic heterocycles. The summed E-state index contributed by atoms with van der Waals surface area (Å²) >= 11 is 0. The van der Waals surface area contributed by atoms with Gasteiger partial charge in [0.15, 0.2) is 6.10 Å². The number of nitrogens with one attached hydrogen (secondary N) is 1. The highest BCUT2D eigenvalue weighted by Crippen LogP contribution is 2.31. The van der Waals surface area contributed by atoms with Crippen LogP contribution in [-0.2, 0) is 27.3 Å². The number of carbonyl (C=O) groups is 4. The van der Waals surface area contributed by atoms with Crippen molar-refractivity contribution in [3.05, 3.63) is 123 Å². The number of likely N-dealkylation sites (tertiary alicyclic amines) is 1. The normalized spacial score (nSPS) is 15.5. The first-order valence-corrected chi connectivity index (χ1v) is 17.2. The highest BCUT2D eigenvalue weighted by atomic mass is 16.5. The zero-order valence-corrected chi connectivity index (χ0v) is 28.9. The summed E-state index contributed by atoms with van der Waals surface area (Å²) in [5.74, 6) is -1.45. The number of anilines is 1. The Morgan fingerprint density at radius 2 is 1.51 bits per heavy atom. The van der Waals surface area contributed by atoms with Crippen molar-refractivity contribution in [3.8, 4) is 11.1 Å². The van der Waals surface area contributed by atoms with E-state index in [4.69, 9.17) is 4.74 Å². The second-order valence-corrected chi connectivity index (χ2v) is 13.2. The molecule has 1 unspecified atom stereocenters. The number of hydrogen-bond donors (Lipinski definition) is 1. The fraction of sp³-hybridized carbons (Fsp3) is 0.333. The molecular weight excluding hydrogens is 650 g/mol. The van der Waals surface area contributed by atoms with Gasteiger partial charge in [-0.3, -0.25) is 28.3 Å². The molecule has 1 fully saturated rings. The second kappa shape index (κ2) is 15.0. The van der Waals surface area contributed by atoms with Crippen LogP contribution in [0.5, 0.6) is 0 Å². The topological polar surface area (TPSA) is 140 Å². The van der Waals surface area contributed by atoms with Crippen LogP contribution in [0.4, 0.5) is 10.5 Å². The van der Waals surface area contributed by atoms with Crippen LogP contribution in [0, 0.1) is 0 Å². The van der Waals surface area contributed by atoms with Gasteiger partial charge in [0.2, 0.25) is 11.7 Å². The van der Waals surface area contributed by atoms with Crippen molar-refractivity contribution >= 4 is 29.4 Å². The maximum atomic E-state index is 13.9. The standard InChI is InChI=1S/C39H41N5O7/c1-25(2)44-37(48)32(30-14-8-9-15-31(30)36(51-26(3)45)35(47)28-12-5-4-6-13-28)23-42(39(44)50)24-34(46)41-20-18-29(19-21-41)43-22-17-27-11-7-10-16-33(27)40-38(43)49/h4-16,23,25,29,36H,17-22,24H2,1-3H3,(H,40,49). The summed E-state index contributed by atoms with van der Waals surface area (Å²) in [6.07, 6.45) is 1.89. The molecule has 1 atom stereocenters. The molecule has 3 heterocycles. The number of urea groups is 1. The highest BCUT2D eigenvalue weighted by Gasteiger charge is 2.33. The summed E-state index contributed by atoms with van der Waals surface area (Å²) in [5, 5.41) is 3.01. The molecule has 12 heteroatoms. The van der Waals surface area contributed by atoms with Gasteiger partial charge >= 0.3 is 17.7 Å². The molecule has 2 aliphatic rings. The van der Waals surface area contributed by atoms with E-state index in [1.807, 2.05) is 29.2 Å². The van der Waals surface area contributed by atoms with E-state index in [9.17, 15) is 28.8 Å². The number of aromatic nitrogens is 2. The lowest BCUT2D eigenvalue weighted by Gasteiger charge is -2.38. The number of ether oxygens (including phenoxy) is 1. The highest BCUT2D eigenvalue weighted by molar-refractivity contribution is 6.02. The lowest BCUT2D eigenvalue weighted by molar-refractivity contribution is -0.144. The number of nitrogens with zero attached hydrogens (tertiary/aromatic N) is 4. The third-order valence-corrected chi connectivity index (χ3v) is 9.52. The Bertz CT molecular complexity index is 2080. The first kappa shape index (κ1) is 35.1. The van der Waals surface area contributed by atoms with Crippen LogP contribution in [-0.4, -0.2) is 68.3 Å². The van der Waals surface area contributed by atoms with E-state index in [0.29, 0.717) is 43.6 Å². The van der Waals surface area contributed by atoms with E-state index in [0.717, 1.165) is 22.2 Å². The zero-order chi connectivity index (χ0) is 36.2. The van der Waals surface area contributed by atoms with Crippen molar-refractivity contribution in [2.24, 2.45) is 0 Å². The molecule has 0 saturated carbocycles. The Morgan fingerprint density at radius 1 is 0.843 bits per heavy atom. The van der Waals surface area contributed by atoms with Gasteiger partial charge in [-0.25, -0.2) is 9.59 Å². The van der Waals surface area contributed by atoms with Gasteiger partial charge in [-0.05, 0) is 50.3 Å². The number of hydrogen-bond acceptors (Lipinski definition) is 7. The molecule has 0 radical (unpaired) electrons. The van der Waals surface area contributed by atoms with Crippen molar-refractivity contribution in [1.29, 1.82) is 0 Å². The minimum atomic E-state index is -1.36. The molecule has 3 aromatic carbocycles. The first-order valence-electron chi connectivity index (χ1n) is 17.2. The van der Waals surface area contributed by atoms with Gasteiger partial charge in [-0.2, -0.15) is 0 Å². The Hall–Kier alpha value is -5.78. The molecule has 1 N–H and O–H groups in total. The van der Waals surface area contributed by atoms with Crippen LogP contribution >= 0.6 is 0 Å². The van der Waals surface area contributed by atoms with Crippen LogP contribution in [0.3, 0.4) is 0 Å². The Labute approximate surface area is 295 Å². The van der Waals surface area contributed by atoms with Crippen molar-refractivity contribution in [1.82, 2.24) is 18.9 Å². The number of benzene rings is 3. The third-order valence-electron chi connectivity index (χ3n) is 9.52. The quantitative estimate of drug-likeness (QED) is 0.196. The molecule has 264 valence electrons. The number of Topliss-reactive ketones (excluding diaryl/α,β-unsaturated/α-hetero) is 1. The zero-order valence-electron chi connectivity index (χ0n) is 28.9. The van der Waals surface area contributed by atoms with E-state index in [2.05, 4.69) is 5.32 Å². The van der Waals surface area contributed by atoms with Gasteiger partial charge in [-0.15, -0.1) is 0 Å². The Morgan fingerprint density at radius 3 is 2.22 bits per heavy atom. The summed E-state index contributed by atoms with van der Waals surface area (Å²) < 4.78 is 7.87. The Balaban J connectivity index is 1.26. The molecule has 51 heavy (non-hydrogen) atoms. The fourth-order valence-electron chi connectivity index (χ4n) is 6.93. The molecule has 0 spiro atoms. The second-order valence-electron chi connectivity index (χ2n) is 13.2. The van der Waals surface area contributed by atoms with E-state index >= 15 is 0 Å². The van der Waals surface area contributed by atoms with E-state index in [1.165, 1.54) is 17.7 Å². The third kappa shape index (κ3) is 7.40. The number of amides is 3. The van der Waals surface area contributed by atoms with Crippen LogP contribution in [0.15, 0.2) is 94.6 Å². The molecule has 1 saturated heterocycles. The largest absolute Gasteiger partial charge is 0.449 e. The number of esters is 1. The number of carbonyl (C=O) groups excluding carboxylic acids is 4. The summed E-state index contributed by atoms with van der Waals surface area (Å²) in [6, 6.07) is 22.0. The summed E-state index contributed by atoms with van der Waals surface area (Å²) in [7, 11) is 0. The van der Waals surface area contributed by atoms with Gasteiger partial charge in [0.1, 0.15) is 6.54 Å². The van der Waals surface area contributed by atoms with Gasteiger partial charge < -0.3 is 19.9 Å². The van der Waals surface area contributed by atoms with Gasteiger partial charge in [0.25, 0.3) is 5.56 Å². The van der Waals surface area contributed by atoms with E-state index < -0.39 is 35.1 Å². The number of ketones is 1. The molecule has 6 rings (SSSR count). The van der Waals surface area contributed by atoms with Gasteiger partial charge in [0, 0.05) is 61.7 Å². The molecule has 3 amide bonds. The monoisotopic (exact) mass is 691 g/mol. The predicted octanol–water partition coefficient (Wildman–Crippen LogP) is 4.83. The number of piperidine rings is 1. The molecule has 12 nitrogen and oxygen atoms in total. The lowest BCUT2D eigenvalue weighted by atomic mass is 9.93. The summed E-state index contributed by atoms with van der Waals surface area (Å²) in [5.41, 5.74) is 1.63. The molecule has 4 aromatic rings. The van der Waals surface area contributed by atoms with Crippen molar-refractivity contribution < 1.29 is 23.9 Å². The summed E-state index contributed by atoms with van der Waals surface area (Å²) in [6.45, 7) is 5.67. The van der Waals surface area contributed by atoms with E-state index in [-0.39, 0.29) is 35.7 Å². The van der Waals surface area contributed by atoms with Crippen LogP contribution in [0.25, 0.3) is 11.1 Å². The number of para-hydroxylation sites is 1. The molecule has 2 aliphatic heterocycles. The lowest BCUT2D eigenvalue weighted by Crippen LogP contribution is -2.51. The smallest absolute Gasteiger partial charge is 0.331 e. The summed E-state index contributed by atoms with van der Waals surface area (Å²) in [4.78, 5) is 83.9. The number of fused-ring (bicyclic) bond motifs is 1. The SMILES string of the molecule is CC(=O)OC(C(=O)c1ccccc1)c1ccccc1-c1cn(CC(=O)N2CCC(N3CCc4ccccc4NC3=O)CC2)c(=O)n(C(C)C)c1=O. The van der Waals surface area contributed by atoms with Crippen LogP contribution in [0.1, 0.15) is 67.2 Å². The van der Waals surface area contributed by atoms with Crippen LogP contribution < -0.4 is 16.6 Å². The average molecular weight is 692 g/mol. The van der Waals surface area contributed by atoms with Gasteiger partial charge in [-0.1, -0.05) is 72.8 Å². The average Bonchev–Trinajstić information content (AvgIpc) is 3.29. The van der Waals surface area contributed by atoms with Gasteiger partial charge in [0.05, 0.1) is 5.56 Å². The van der Waals surface area contributed by atoms with E-state index in [1.54, 1.807) is 73.3 Å². The van der Waals surface area contributed by atoms with Crippen LogP contribution in [0.2, 0.25) is 0 Å². The van der Waals surface area contributed by atoms with Crippen molar-refractivity contribution in [2.75, 3.05) is 25.0 Å². The minimum absolute atomic E-state index is 0.0409. The first-order chi connectivity index (χ1) is 24.5. The maximum Gasteiger partial charge on any atom is 0.331 e. The fourth-order valence-corrected chi connectivity index (χ4v) is 6.93. The van der Waals surface area contributed by atoms with Crippen molar-refractivity contribution in [3.63, 3.8) is 0 Å². The molecular formula is C39H41N5O7. The maximum absolute atomic E-state index is 13.9. The minimum Gasteiger partial charge on any atom is -0.449 e. The predicted molar refractivity (Wildman–Crippen MR) is 192 cm³/mol. The van der Waals surface area contributed by atoms with Crippen molar-refractivity contribution in [2.45, 2.75) is 64.8 Å².